The zero-order chi connectivity index (χ0) is 25.4. The molecular formula is C26H26FN3O4S2. The Morgan fingerprint density at radius 2 is 1.86 bits per heavy atom. The molecular weight excluding hydrogens is 501 g/mol. The summed E-state index contributed by atoms with van der Waals surface area (Å²) < 4.78 is 48.5. The van der Waals surface area contributed by atoms with Crippen LogP contribution in [0.4, 0.5) is 4.39 Å². The number of para-hydroxylation sites is 1. The molecule has 0 aliphatic carbocycles. The van der Waals surface area contributed by atoms with E-state index >= 15 is 0 Å². The normalized spacial score (nSPS) is 17.0. The van der Waals surface area contributed by atoms with Crippen molar-refractivity contribution in [2.75, 3.05) is 26.7 Å². The molecule has 0 bridgehead atoms. The molecule has 0 N–H and O–H groups in total. The van der Waals surface area contributed by atoms with E-state index in [1.165, 1.54) is 16.4 Å². The van der Waals surface area contributed by atoms with Gasteiger partial charge in [-0.1, -0.05) is 18.2 Å². The maximum absolute atomic E-state index is 13.7. The first-order chi connectivity index (χ1) is 17.3. The number of carbonyl (C=O) groups is 1. The number of fused-ring (bicyclic) bond motifs is 1. The zero-order valence-electron chi connectivity index (χ0n) is 19.9. The van der Waals surface area contributed by atoms with Gasteiger partial charge in [0.25, 0.3) is 5.91 Å². The lowest BCUT2D eigenvalue weighted by molar-refractivity contribution is 0.0632. The van der Waals surface area contributed by atoms with Crippen LogP contribution in [0.25, 0.3) is 10.2 Å². The minimum atomic E-state index is -3.80. The van der Waals surface area contributed by atoms with Gasteiger partial charge in [0, 0.05) is 36.6 Å². The number of methoxy groups -OCH3 is 1. The number of thiophene rings is 1. The molecule has 5 rings (SSSR count). The lowest BCUT2D eigenvalue weighted by Gasteiger charge is -2.39. The van der Waals surface area contributed by atoms with Gasteiger partial charge in [0.15, 0.2) is 0 Å². The van der Waals surface area contributed by atoms with E-state index in [2.05, 4.69) is 0 Å². The van der Waals surface area contributed by atoms with Gasteiger partial charge in [0.05, 0.1) is 18.6 Å². The van der Waals surface area contributed by atoms with E-state index in [1.807, 2.05) is 46.3 Å². The molecule has 1 fully saturated rings. The summed E-state index contributed by atoms with van der Waals surface area (Å²) in [6, 6.07) is 16.0. The number of piperazine rings is 1. The molecule has 3 heterocycles. The summed E-state index contributed by atoms with van der Waals surface area (Å²) in [5, 5.41) is 2.99. The number of hydrogen-bond acceptors (Lipinski definition) is 5. The average Bonchev–Trinajstić information content (AvgIpc) is 3.46. The maximum atomic E-state index is 13.7. The third-order valence-electron chi connectivity index (χ3n) is 6.52. The highest BCUT2D eigenvalue weighted by Crippen LogP contribution is 2.30. The fraction of sp³-hybridized carbons (Fsp3) is 0.269. The van der Waals surface area contributed by atoms with E-state index in [-0.39, 0.29) is 30.4 Å². The van der Waals surface area contributed by atoms with Gasteiger partial charge in [-0.15, -0.1) is 11.3 Å². The fourth-order valence-corrected chi connectivity index (χ4v) is 7.21. The number of carbonyl (C=O) groups excluding carboxylic acids is 1. The predicted molar refractivity (Wildman–Crippen MR) is 138 cm³/mol. The molecule has 1 aliphatic rings. The number of aromatic nitrogens is 1. The highest BCUT2D eigenvalue weighted by atomic mass is 32.2. The van der Waals surface area contributed by atoms with Crippen LogP contribution in [0.3, 0.4) is 0 Å². The average molecular weight is 528 g/mol. The molecule has 2 aromatic heterocycles. The Bertz CT molecular complexity index is 1510. The summed E-state index contributed by atoms with van der Waals surface area (Å²) in [5.74, 6) is 0.120. The van der Waals surface area contributed by atoms with Crippen molar-refractivity contribution in [2.45, 2.75) is 24.4 Å². The van der Waals surface area contributed by atoms with Crippen LogP contribution in [0.2, 0.25) is 0 Å². The van der Waals surface area contributed by atoms with Crippen molar-refractivity contribution in [3.05, 3.63) is 83.1 Å². The van der Waals surface area contributed by atoms with Crippen LogP contribution in [-0.2, 0) is 16.6 Å². The highest BCUT2D eigenvalue weighted by Gasteiger charge is 2.36. The van der Waals surface area contributed by atoms with Gasteiger partial charge in [0.1, 0.15) is 22.1 Å². The second kappa shape index (κ2) is 9.68. The first-order valence-electron chi connectivity index (χ1n) is 11.5. The smallest absolute Gasteiger partial charge is 0.270 e. The Hall–Kier alpha value is -3.21. The number of hydrogen-bond donors (Lipinski definition) is 0. The Labute approximate surface area is 213 Å². The number of benzene rings is 2. The molecule has 0 saturated carbocycles. The summed E-state index contributed by atoms with van der Waals surface area (Å²) in [4.78, 5) is 16.5. The van der Waals surface area contributed by atoms with E-state index in [0.29, 0.717) is 12.2 Å². The van der Waals surface area contributed by atoms with Crippen LogP contribution < -0.4 is 4.74 Å². The SMILES string of the molecule is COc1ccccc1Cn1c(C(=O)N2CCN(S(=O)(=O)c3ccc(F)cc3)C(C)C2)cc2ccsc21. The number of rotatable bonds is 6. The first-order valence-corrected chi connectivity index (χ1v) is 13.9. The van der Waals surface area contributed by atoms with Gasteiger partial charge in [-0.2, -0.15) is 4.31 Å². The van der Waals surface area contributed by atoms with Gasteiger partial charge in [0.2, 0.25) is 10.0 Å². The molecule has 1 atom stereocenters. The Morgan fingerprint density at radius 1 is 1.11 bits per heavy atom. The van der Waals surface area contributed by atoms with Crippen molar-refractivity contribution < 1.29 is 22.3 Å². The molecule has 1 amide bonds. The number of sulfonamides is 1. The Kier molecular flexibility index (Phi) is 6.59. The first kappa shape index (κ1) is 24.5. The van der Waals surface area contributed by atoms with Gasteiger partial charge in [-0.25, -0.2) is 12.8 Å². The maximum Gasteiger partial charge on any atom is 0.270 e. The van der Waals surface area contributed by atoms with Crippen molar-refractivity contribution in [2.24, 2.45) is 0 Å². The summed E-state index contributed by atoms with van der Waals surface area (Å²) in [7, 11) is -2.17. The van der Waals surface area contributed by atoms with Crippen molar-refractivity contribution in [3.8, 4) is 5.75 Å². The largest absolute Gasteiger partial charge is 0.496 e. The molecule has 1 unspecified atom stereocenters. The number of halogens is 1. The van der Waals surface area contributed by atoms with Gasteiger partial charge in [-0.3, -0.25) is 4.79 Å². The highest BCUT2D eigenvalue weighted by molar-refractivity contribution is 7.89. The number of nitrogens with zero attached hydrogens (tertiary/aromatic N) is 3. The van der Waals surface area contributed by atoms with Crippen LogP contribution in [0.5, 0.6) is 5.75 Å². The molecule has 1 saturated heterocycles. The molecule has 7 nitrogen and oxygen atoms in total. The van der Waals surface area contributed by atoms with Crippen LogP contribution in [0.15, 0.2) is 70.9 Å². The van der Waals surface area contributed by atoms with Crippen LogP contribution in [0, 0.1) is 5.82 Å². The molecule has 2 aromatic carbocycles. The fourth-order valence-electron chi connectivity index (χ4n) is 4.70. The second-order valence-corrected chi connectivity index (χ2v) is 11.6. The van der Waals surface area contributed by atoms with E-state index in [4.69, 9.17) is 4.74 Å². The van der Waals surface area contributed by atoms with Gasteiger partial charge in [-0.05, 0) is 54.8 Å². The third-order valence-corrected chi connectivity index (χ3v) is 9.50. The molecule has 36 heavy (non-hydrogen) atoms. The van der Waals surface area contributed by atoms with Crippen molar-refractivity contribution in [1.82, 2.24) is 13.8 Å². The molecule has 0 spiro atoms. The standard InChI is InChI=1S/C26H26FN3O4S2/c1-18-16-28(12-13-30(18)36(32,33)22-9-7-21(27)8-10-22)25(31)23-15-19-11-14-35-26(19)29(23)17-20-5-3-4-6-24(20)34-2/h3-11,14-15,18H,12-13,16-17H2,1-2H3. The van der Waals surface area contributed by atoms with Crippen LogP contribution in [-0.4, -0.2) is 60.9 Å². The summed E-state index contributed by atoms with van der Waals surface area (Å²) >= 11 is 1.57. The molecule has 1 aliphatic heterocycles. The van der Waals surface area contributed by atoms with E-state index < -0.39 is 21.9 Å². The van der Waals surface area contributed by atoms with E-state index in [1.54, 1.807) is 30.3 Å². The van der Waals surface area contributed by atoms with Crippen molar-refractivity contribution in [3.63, 3.8) is 0 Å². The molecule has 188 valence electrons. The Balaban J connectivity index is 1.40. The minimum absolute atomic E-state index is 0.0430. The second-order valence-electron chi connectivity index (χ2n) is 8.78. The lowest BCUT2D eigenvalue weighted by Crippen LogP contribution is -2.55. The molecule has 0 radical (unpaired) electrons. The van der Waals surface area contributed by atoms with Crippen LogP contribution >= 0.6 is 11.3 Å². The number of amides is 1. The molecule has 4 aromatic rings. The molecule has 10 heteroatoms. The quantitative estimate of drug-likeness (QED) is 0.372. The Morgan fingerprint density at radius 3 is 2.58 bits per heavy atom. The number of ether oxygens (including phenoxy) is 1. The third kappa shape index (κ3) is 4.40. The van der Waals surface area contributed by atoms with E-state index in [0.717, 1.165) is 33.7 Å². The summed E-state index contributed by atoms with van der Waals surface area (Å²) in [6.07, 6.45) is 0. The van der Waals surface area contributed by atoms with Crippen LogP contribution in [0.1, 0.15) is 23.0 Å². The summed E-state index contributed by atoms with van der Waals surface area (Å²) in [5.41, 5.74) is 1.52. The lowest BCUT2D eigenvalue weighted by atomic mass is 10.2. The van der Waals surface area contributed by atoms with Crippen molar-refractivity contribution in [1.29, 1.82) is 0 Å². The topological polar surface area (TPSA) is 71.8 Å². The van der Waals surface area contributed by atoms with Gasteiger partial charge >= 0.3 is 0 Å². The minimum Gasteiger partial charge on any atom is -0.496 e. The summed E-state index contributed by atoms with van der Waals surface area (Å²) in [6.45, 7) is 2.94. The van der Waals surface area contributed by atoms with E-state index in [9.17, 15) is 17.6 Å². The van der Waals surface area contributed by atoms with Gasteiger partial charge < -0.3 is 14.2 Å². The predicted octanol–water partition coefficient (Wildman–Crippen LogP) is 4.43. The van der Waals surface area contributed by atoms with Crippen molar-refractivity contribution >= 4 is 37.5 Å². The monoisotopic (exact) mass is 527 g/mol. The zero-order valence-corrected chi connectivity index (χ0v) is 21.6.